The molecule has 0 unspecified atom stereocenters. The van der Waals surface area contributed by atoms with E-state index in [9.17, 15) is 9.18 Å². The standard InChI is InChI=1S/C16H13FN4O2S/c1-23-13-5-3-2-4-12(13)14-20-21-16(24-14)19-15(22)18-11-8-6-10(17)7-9-11/h2-9H,1H3,(H2,18,19,21,22). The molecule has 24 heavy (non-hydrogen) atoms. The lowest BCUT2D eigenvalue weighted by Crippen LogP contribution is -2.19. The van der Waals surface area contributed by atoms with Crippen molar-refractivity contribution < 1.29 is 13.9 Å². The fourth-order valence-electron chi connectivity index (χ4n) is 2.00. The van der Waals surface area contributed by atoms with Crippen molar-refractivity contribution in [2.45, 2.75) is 0 Å². The summed E-state index contributed by atoms with van der Waals surface area (Å²) in [4.78, 5) is 11.9. The lowest BCUT2D eigenvalue weighted by molar-refractivity contribution is 0.262. The maximum Gasteiger partial charge on any atom is 0.325 e. The van der Waals surface area contributed by atoms with Crippen molar-refractivity contribution in [2.75, 3.05) is 17.7 Å². The van der Waals surface area contributed by atoms with Gasteiger partial charge < -0.3 is 10.1 Å². The van der Waals surface area contributed by atoms with Gasteiger partial charge in [0.05, 0.1) is 12.7 Å². The van der Waals surface area contributed by atoms with E-state index in [0.29, 0.717) is 21.6 Å². The molecule has 2 amide bonds. The number of rotatable bonds is 4. The largest absolute Gasteiger partial charge is 0.496 e. The summed E-state index contributed by atoms with van der Waals surface area (Å²) in [6.07, 6.45) is 0. The predicted octanol–water partition coefficient (Wildman–Crippen LogP) is 4.00. The summed E-state index contributed by atoms with van der Waals surface area (Å²) in [6, 6.07) is 12.4. The average Bonchev–Trinajstić information content (AvgIpc) is 3.05. The molecule has 0 aliphatic carbocycles. The number of nitrogens with one attached hydrogen (secondary N) is 2. The molecular formula is C16H13FN4O2S. The van der Waals surface area contributed by atoms with Crippen LogP contribution in [0.15, 0.2) is 48.5 Å². The van der Waals surface area contributed by atoms with Gasteiger partial charge >= 0.3 is 6.03 Å². The van der Waals surface area contributed by atoms with Crippen LogP contribution in [0.25, 0.3) is 10.6 Å². The zero-order valence-corrected chi connectivity index (χ0v) is 13.4. The number of nitrogens with zero attached hydrogens (tertiary/aromatic N) is 2. The first-order valence-corrected chi connectivity index (χ1v) is 7.78. The van der Waals surface area contributed by atoms with Gasteiger partial charge in [0.15, 0.2) is 5.01 Å². The van der Waals surface area contributed by atoms with Crippen LogP contribution in [-0.2, 0) is 0 Å². The molecule has 0 radical (unpaired) electrons. The molecule has 8 heteroatoms. The van der Waals surface area contributed by atoms with E-state index >= 15 is 0 Å². The Morgan fingerprint density at radius 1 is 1.08 bits per heavy atom. The molecule has 1 aromatic heterocycles. The Labute approximate surface area is 141 Å². The number of carbonyl (C=O) groups is 1. The summed E-state index contributed by atoms with van der Waals surface area (Å²) < 4.78 is 18.1. The van der Waals surface area contributed by atoms with Gasteiger partial charge in [-0.05, 0) is 36.4 Å². The Kier molecular flexibility index (Phi) is 4.66. The molecule has 1 heterocycles. The second-order valence-electron chi connectivity index (χ2n) is 4.70. The fourth-order valence-corrected chi connectivity index (χ4v) is 2.77. The van der Waals surface area contributed by atoms with Gasteiger partial charge in [-0.15, -0.1) is 10.2 Å². The van der Waals surface area contributed by atoms with Crippen LogP contribution in [0, 0.1) is 5.82 Å². The molecule has 0 bridgehead atoms. The summed E-state index contributed by atoms with van der Waals surface area (Å²) in [5, 5.41) is 14.2. The number of hydrogen-bond acceptors (Lipinski definition) is 5. The van der Waals surface area contributed by atoms with Gasteiger partial charge in [0, 0.05) is 5.69 Å². The van der Waals surface area contributed by atoms with Crippen LogP contribution in [0.3, 0.4) is 0 Å². The molecule has 0 saturated heterocycles. The van der Waals surface area contributed by atoms with E-state index in [0.717, 1.165) is 5.56 Å². The summed E-state index contributed by atoms with van der Waals surface area (Å²) in [6.45, 7) is 0. The molecule has 0 spiro atoms. The van der Waals surface area contributed by atoms with Crippen molar-refractivity contribution in [3.63, 3.8) is 0 Å². The minimum Gasteiger partial charge on any atom is -0.496 e. The molecule has 0 saturated carbocycles. The highest BCUT2D eigenvalue weighted by Gasteiger charge is 2.13. The molecule has 3 rings (SSSR count). The summed E-state index contributed by atoms with van der Waals surface area (Å²) in [7, 11) is 1.58. The fraction of sp³-hybridized carbons (Fsp3) is 0.0625. The number of ether oxygens (including phenoxy) is 1. The summed E-state index contributed by atoms with van der Waals surface area (Å²) in [5.41, 5.74) is 1.27. The van der Waals surface area contributed by atoms with Crippen molar-refractivity contribution in [2.24, 2.45) is 0 Å². The lowest BCUT2D eigenvalue weighted by atomic mass is 10.2. The molecular weight excluding hydrogens is 331 g/mol. The second kappa shape index (κ2) is 7.05. The Bertz CT molecular complexity index is 851. The smallest absolute Gasteiger partial charge is 0.325 e. The zero-order chi connectivity index (χ0) is 16.9. The van der Waals surface area contributed by atoms with Gasteiger partial charge in [0.1, 0.15) is 11.6 Å². The van der Waals surface area contributed by atoms with E-state index in [1.54, 1.807) is 7.11 Å². The van der Waals surface area contributed by atoms with E-state index in [1.807, 2.05) is 24.3 Å². The molecule has 122 valence electrons. The van der Waals surface area contributed by atoms with Crippen molar-refractivity contribution in [1.29, 1.82) is 0 Å². The minimum absolute atomic E-state index is 0.343. The Morgan fingerprint density at radius 3 is 2.58 bits per heavy atom. The SMILES string of the molecule is COc1ccccc1-c1nnc(NC(=O)Nc2ccc(F)cc2)s1. The molecule has 2 aromatic carbocycles. The van der Waals surface area contributed by atoms with Crippen LogP contribution in [0.1, 0.15) is 0 Å². The quantitative estimate of drug-likeness (QED) is 0.750. The number of hydrogen-bond donors (Lipinski definition) is 2. The van der Waals surface area contributed by atoms with E-state index in [1.165, 1.54) is 35.6 Å². The molecule has 0 atom stereocenters. The van der Waals surface area contributed by atoms with Gasteiger partial charge in [-0.1, -0.05) is 23.5 Å². The zero-order valence-electron chi connectivity index (χ0n) is 12.6. The van der Waals surface area contributed by atoms with E-state index in [-0.39, 0.29) is 5.82 Å². The third-order valence-corrected chi connectivity index (χ3v) is 3.96. The van der Waals surface area contributed by atoms with Crippen LogP contribution >= 0.6 is 11.3 Å². The third kappa shape index (κ3) is 3.66. The maximum atomic E-state index is 12.8. The highest BCUT2D eigenvalue weighted by Crippen LogP contribution is 2.33. The van der Waals surface area contributed by atoms with Crippen LogP contribution in [0.2, 0.25) is 0 Å². The van der Waals surface area contributed by atoms with Crippen molar-refractivity contribution in [1.82, 2.24) is 10.2 Å². The number of aromatic nitrogens is 2. The first-order valence-electron chi connectivity index (χ1n) is 6.96. The number of urea groups is 1. The number of amides is 2. The van der Waals surface area contributed by atoms with E-state index in [4.69, 9.17) is 4.74 Å². The van der Waals surface area contributed by atoms with Crippen LogP contribution in [0.5, 0.6) is 5.75 Å². The molecule has 3 aromatic rings. The number of para-hydroxylation sites is 1. The minimum atomic E-state index is -0.482. The monoisotopic (exact) mass is 344 g/mol. The van der Waals surface area contributed by atoms with Crippen LogP contribution < -0.4 is 15.4 Å². The summed E-state index contributed by atoms with van der Waals surface area (Å²) >= 11 is 1.22. The number of benzene rings is 2. The Hall–Kier alpha value is -3.00. The number of methoxy groups -OCH3 is 1. The normalized spacial score (nSPS) is 10.2. The number of halogens is 1. The average molecular weight is 344 g/mol. The van der Waals surface area contributed by atoms with Crippen LogP contribution in [-0.4, -0.2) is 23.3 Å². The van der Waals surface area contributed by atoms with Gasteiger partial charge in [0.25, 0.3) is 0 Å². The second-order valence-corrected chi connectivity index (χ2v) is 5.68. The highest BCUT2D eigenvalue weighted by atomic mass is 32.1. The third-order valence-electron chi connectivity index (χ3n) is 3.08. The molecule has 0 aliphatic heterocycles. The van der Waals surface area contributed by atoms with E-state index < -0.39 is 6.03 Å². The van der Waals surface area contributed by atoms with E-state index in [2.05, 4.69) is 20.8 Å². The first-order chi connectivity index (χ1) is 11.7. The van der Waals surface area contributed by atoms with Crippen molar-refractivity contribution in [3.05, 3.63) is 54.3 Å². The van der Waals surface area contributed by atoms with Gasteiger partial charge in [-0.25, -0.2) is 9.18 Å². The van der Waals surface area contributed by atoms with Gasteiger partial charge in [-0.3, -0.25) is 5.32 Å². The Morgan fingerprint density at radius 2 is 1.83 bits per heavy atom. The summed E-state index contributed by atoms with van der Waals surface area (Å²) in [5.74, 6) is 0.308. The Balaban J connectivity index is 1.69. The highest BCUT2D eigenvalue weighted by molar-refractivity contribution is 7.18. The predicted molar refractivity (Wildman–Crippen MR) is 90.9 cm³/mol. The van der Waals surface area contributed by atoms with Crippen LogP contribution in [0.4, 0.5) is 20.0 Å². The lowest BCUT2D eigenvalue weighted by Gasteiger charge is -2.05. The molecule has 6 nitrogen and oxygen atoms in total. The molecule has 0 aliphatic rings. The number of anilines is 2. The van der Waals surface area contributed by atoms with Crippen molar-refractivity contribution in [3.8, 4) is 16.3 Å². The topological polar surface area (TPSA) is 76.1 Å². The molecule has 2 N–H and O–H groups in total. The van der Waals surface area contributed by atoms with Gasteiger partial charge in [0.2, 0.25) is 5.13 Å². The maximum absolute atomic E-state index is 12.8. The van der Waals surface area contributed by atoms with Crippen molar-refractivity contribution >= 4 is 28.2 Å². The number of carbonyl (C=O) groups excluding carboxylic acids is 1. The van der Waals surface area contributed by atoms with Gasteiger partial charge in [-0.2, -0.15) is 0 Å². The molecule has 0 fully saturated rings. The first kappa shape index (κ1) is 15.9.